The van der Waals surface area contributed by atoms with Gasteiger partial charge >= 0.3 is 0 Å². The molecule has 0 radical (unpaired) electrons. The molecule has 2 aromatic carbocycles. The molecule has 0 aliphatic heterocycles. The zero-order chi connectivity index (χ0) is 15.4. The number of nitrogens with one attached hydrogen (secondary N) is 1. The number of benzene rings is 2. The molecule has 0 spiro atoms. The first kappa shape index (κ1) is 15.5. The summed E-state index contributed by atoms with van der Waals surface area (Å²) < 4.78 is 13.9. The van der Waals surface area contributed by atoms with E-state index >= 15 is 0 Å². The van der Waals surface area contributed by atoms with E-state index in [1.165, 1.54) is 17.2 Å². The maximum atomic E-state index is 13.9. The summed E-state index contributed by atoms with van der Waals surface area (Å²) in [5, 5.41) is 3.15. The second-order valence-corrected chi connectivity index (χ2v) is 5.46. The van der Waals surface area contributed by atoms with Crippen LogP contribution in [0.4, 0.5) is 10.1 Å². The van der Waals surface area contributed by atoms with Gasteiger partial charge in [0, 0.05) is 24.8 Å². The lowest BCUT2D eigenvalue weighted by Gasteiger charge is -2.29. The van der Waals surface area contributed by atoms with Gasteiger partial charge in [0.25, 0.3) is 0 Å². The van der Waals surface area contributed by atoms with Crippen LogP contribution in [0.3, 0.4) is 0 Å². The van der Waals surface area contributed by atoms with Gasteiger partial charge in [-0.15, -0.1) is 0 Å². The molecule has 2 aromatic rings. The van der Waals surface area contributed by atoms with Crippen LogP contribution in [0.5, 0.6) is 0 Å². The Bertz CT molecular complexity index is 610. The molecule has 1 unspecified atom stereocenters. The largest absolute Gasteiger partial charge is 0.368 e. The second-order valence-electron chi connectivity index (χ2n) is 5.46. The Morgan fingerprint density at radius 2 is 1.90 bits per heavy atom. The van der Waals surface area contributed by atoms with Crippen molar-refractivity contribution in [2.24, 2.45) is 0 Å². The molecule has 0 aliphatic carbocycles. The van der Waals surface area contributed by atoms with Crippen molar-refractivity contribution < 1.29 is 4.39 Å². The summed E-state index contributed by atoms with van der Waals surface area (Å²) in [6.45, 7) is 4.98. The Balaban J connectivity index is 2.27. The third-order valence-corrected chi connectivity index (χ3v) is 3.96. The summed E-state index contributed by atoms with van der Waals surface area (Å²) in [5.74, 6) is -0.152. The Hall–Kier alpha value is -1.87. The third kappa shape index (κ3) is 3.42. The maximum Gasteiger partial charge on any atom is 0.128 e. The van der Waals surface area contributed by atoms with Crippen LogP contribution in [0.25, 0.3) is 0 Å². The first-order valence-electron chi connectivity index (χ1n) is 7.26. The lowest BCUT2D eigenvalue weighted by molar-refractivity contribution is 0.585. The topological polar surface area (TPSA) is 15.3 Å². The SMILES string of the molecule is CNCc1ccc(N(C)C(C)c2ccccc2F)c(C)c1. The molecule has 0 aliphatic rings. The molecule has 0 aromatic heterocycles. The molecule has 0 fully saturated rings. The molecule has 1 atom stereocenters. The maximum absolute atomic E-state index is 13.9. The van der Waals surface area contributed by atoms with Gasteiger partial charge in [0.15, 0.2) is 0 Å². The van der Waals surface area contributed by atoms with E-state index < -0.39 is 0 Å². The van der Waals surface area contributed by atoms with Crippen LogP contribution in [0, 0.1) is 12.7 Å². The van der Waals surface area contributed by atoms with E-state index in [-0.39, 0.29) is 11.9 Å². The molecule has 2 nitrogen and oxygen atoms in total. The van der Waals surface area contributed by atoms with Crippen LogP contribution in [-0.2, 0) is 6.54 Å². The zero-order valence-corrected chi connectivity index (χ0v) is 13.2. The van der Waals surface area contributed by atoms with Gasteiger partial charge in [-0.2, -0.15) is 0 Å². The number of halogens is 1. The van der Waals surface area contributed by atoms with E-state index in [0.717, 1.165) is 17.8 Å². The predicted molar refractivity (Wildman–Crippen MR) is 87.2 cm³/mol. The average Bonchev–Trinajstić information content (AvgIpc) is 2.47. The minimum Gasteiger partial charge on any atom is -0.368 e. The highest BCUT2D eigenvalue weighted by atomic mass is 19.1. The van der Waals surface area contributed by atoms with Crippen LogP contribution in [0.1, 0.15) is 29.7 Å². The van der Waals surface area contributed by atoms with Crippen LogP contribution in [0.15, 0.2) is 42.5 Å². The summed E-state index contributed by atoms with van der Waals surface area (Å²) in [6, 6.07) is 13.4. The fourth-order valence-electron chi connectivity index (χ4n) is 2.66. The minimum absolute atomic E-state index is 0.0138. The highest BCUT2D eigenvalue weighted by molar-refractivity contribution is 5.55. The van der Waals surface area contributed by atoms with E-state index in [1.54, 1.807) is 6.07 Å². The number of hydrogen-bond donors (Lipinski definition) is 1. The van der Waals surface area contributed by atoms with Crippen LogP contribution in [-0.4, -0.2) is 14.1 Å². The molecule has 0 amide bonds. The Labute approximate surface area is 126 Å². The number of hydrogen-bond acceptors (Lipinski definition) is 2. The van der Waals surface area contributed by atoms with Gasteiger partial charge in [-0.1, -0.05) is 30.3 Å². The Morgan fingerprint density at radius 1 is 1.19 bits per heavy atom. The van der Waals surface area contributed by atoms with Crippen molar-refractivity contribution in [2.45, 2.75) is 26.4 Å². The molecule has 1 N–H and O–H groups in total. The fraction of sp³-hybridized carbons (Fsp3) is 0.333. The minimum atomic E-state index is -0.152. The average molecular weight is 286 g/mol. The van der Waals surface area contributed by atoms with Crippen molar-refractivity contribution in [1.29, 1.82) is 0 Å². The first-order chi connectivity index (χ1) is 10.0. The quantitative estimate of drug-likeness (QED) is 0.892. The molecule has 21 heavy (non-hydrogen) atoms. The van der Waals surface area contributed by atoms with E-state index in [1.807, 2.05) is 33.2 Å². The summed E-state index contributed by atoms with van der Waals surface area (Å²) in [7, 11) is 3.95. The summed E-state index contributed by atoms with van der Waals surface area (Å²) in [6.07, 6.45) is 0. The molecule has 0 saturated carbocycles. The Morgan fingerprint density at radius 3 is 2.52 bits per heavy atom. The monoisotopic (exact) mass is 286 g/mol. The molecule has 3 heteroatoms. The first-order valence-corrected chi connectivity index (χ1v) is 7.26. The van der Waals surface area contributed by atoms with E-state index in [9.17, 15) is 4.39 Å². The van der Waals surface area contributed by atoms with E-state index in [4.69, 9.17) is 0 Å². The van der Waals surface area contributed by atoms with Crippen LogP contribution < -0.4 is 10.2 Å². The smallest absolute Gasteiger partial charge is 0.128 e. The highest BCUT2D eigenvalue weighted by Crippen LogP contribution is 2.29. The number of anilines is 1. The molecule has 112 valence electrons. The summed E-state index contributed by atoms with van der Waals surface area (Å²) in [4.78, 5) is 2.12. The highest BCUT2D eigenvalue weighted by Gasteiger charge is 2.17. The molecule has 2 rings (SSSR count). The van der Waals surface area contributed by atoms with Crippen molar-refractivity contribution in [3.63, 3.8) is 0 Å². The van der Waals surface area contributed by atoms with Crippen molar-refractivity contribution in [3.05, 3.63) is 65.0 Å². The van der Waals surface area contributed by atoms with Crippen molar-refractivity contribution in [1.82, 2.24) is 5.32 Å². The normalized spacial score (nSPS) is 12.2. The van der Waals surface area contributed by atoms with Gasteiger partial charge in [0.1, 0.15) is 5.82 Å². The van der Waals surface area contributed by atoms with E-state index in [2.05, 4.69) is 35.3 Å². The van der Waals surface area contributed by atoms with Gasteiger partial charge in [0.2, 0.25) is 0 Å². The van der Waals surface area contributed by atoms with Crippen LogP contribution in [0.2, 0.25) is 0 Å². The zero-order valence-electron chi connectivity index (χ0n) is 13.2. The second kappa shape index (κ2) is 6.72. The van der Waals surface area contributed by atoms with Gasteiger partial charge in [-0.3, -0.25) is 0 Å². The van der Waals surface area contributed by atoms with Gasteiger partial charge in [-0.25, -0.2) is 4.39 Å². The van der Waals surface area contributed by atoms with Crippen molar-refractivity contribution in [3.8, 4) is 0 Å². The molecular formula is C18H23FN2. The molecule has 0 bridgehead atoms. The van der Waals surface area contributed by atoms with E-state index in [0.29, 0.717) is 0 Å². The fourth-order valence-corrected chi connectivity index (χ4v) is 2.66. The molecule has 0 heterocycles. The Kier molecular flexibility index (Phi) is 4.97. The number of rotatable bonds is 5. The van der Waals surface area contributed by atoms with Crippen molar-refractivity contribution in [2.75, 3.05) is 19.0 Å². The van der Waals surface area contributed by atoms with Gasteiger partial charge < -0.3 is 10.2 Å². The standard InChI is InChI=1S/C18H23FN2/c1-13-11-15(12-20-3)9-10-18(13)21(4)14(2)16-7-5-6-8-17(16)19/h5-11,14,20H,12H2,1-4H3. The molecule has 0 saturated heterocycles. The lowest BCUT2D eigenvalue weighted by Crippen LogP contribution is -2.23. The third-order valence-electron chi connectivity index (χ3n) is 3.96. The van der Waals surface area contributed by atoms with Gasteiger partial charge in [0.05, 0.1) is 6.04 Å². The predicted octanol–water partition coefficient (Wildman–Crippen LogP) is 4.05. The molecular weight excluding hydrogens is 263 g/mol. The van der Waals surface area contributed by atoms with Crippen molar-refractivity contribution >= 4 is 5.69 Å². The summed E-state index contributed by atoms with van der Waals surface area (Å²) >= 11 is 0. The lowest BCUT2D eigenvalue weighted by atomic mass is 10.0. The van der Waals surface area contributed by atoms with Gasteiger partial charge in [-0.05, 0) is 44.2 Å². The number of aryl methyl sites for hydroxylation is 1. The van der Waals surface area contributed by atoms with Crippen LogP contribution >= 0.6 is 0 Å². The number of nitrogens with zero attached hydrogens (tertiary/aromatic N) is 1. The summed E-state index contributed by atoms with van der Waals surface area (Å²) in [5.41, 5.74) is 4.31.